The molecule has 1 unspecified atom stereocenters. The van der Waals surface area contributed by atoms with Crippen molar-refractivity contribution < 1.29 is 13.9 Å². The number of ether oxygens (including phenoxy) is 1. The van der Waals surface area contributed by atoms with Crippen molar-refractivity contribution in [3.8, 4) is 5.75 Å². The van der Waals surface area contributed by atoms with Crippen molar-refractivity contribution in [3.05, 3.63) is 47.7 Å². The Bertz CT molecular complexity index is 693. The lowest BCUT2D eigenvalue weighted by atomic mass is 10.0. The number of nitrogens with one attached hydrogen (secondary N) is 1. The highest BCUT2D eigenvalue weighted by Gasteiger charge is 2.32. The summed E-state index contributed by atoms with van der Waals surface area (Å²) in [6.45, 7) is 4.02. The van der Waals surface area contributed by atoms with Crippen LogP contribution in [0.4, 0.5) is 0 Å². The molecular formula is C17H23Cl2N3O3. The van der Waals surface area contributed by atoms with Crippen LogP contribution >= 0.6 is 24.8 Å². The minimum atomic E-state index is -0.0898. The first kappa shape index (κ1) is 21.3. The highest BCUT2D eigenvalue weighted by atomic mass is 35.5. The van der Waals surface area contributed by atoms with Gasteiger partial charge in [0, 0.05) is 31.6 Å². The molecule has 1 aliphatic rings. The molecule has 0 spiro atoms. The number of para-hydroxylation sites is 1. The minimum absolute atomic E-state index is 0. The van der Waals surface area contributed by atoms with Crippen LogP contribution in [0, 0.1) is 0 Å². The van der Waals surface area contributed by atoms with Crippen molar-refractivity contribution in [2.24, 2.45) is 0 Å². The average molecular weight is 388 g/mol. The molecule has 0 bridgehead atoms. The van der Waals surface area contributed by atoms with E-state index in [4.69, 9.17) is 9.15 Å². The zero-order chi connectivity index (χ0) is 16.2. The maximum atomic E-state index is 13.0. The molecule has 138 valence electrons. The molecule has 1 aromatic carbocycles. The van der Waals surface area contributed by atoms with Crippen LogP contribution < -0.4 is 10.1 Å². The molecule has 8 heteroatoms. The second-order valence-electron chi connectivity index (χ2n) is 5.44. The summed E-state index contributed by atoms with van der Waals surface area (Å²) in [6.07, 6.45) is 1.98. The summed E-state index contributed by atoms with van der Waals surface area (Å²) in [7, 11) is 1.65. The number of aryl methyl sites for hydroxylation is 1. The Morgan fingerprint density at radius 2 is 2.16 bits per heavy atom. The summed E-state index contributed by atoms with van der Waals surface area (Å²) in [6, 6.07) is 7.72. The van der Waals surface area contributed by atoms with Crippen LogP contribution in [-0.4, -0.2) is 42.5 Å². The highest BCUT2D eigenvalue weighted by Crippen LogP contribution is 2.31. The third kappa shape index (κ3) is 4.26. The minimum Gasteiger partial charge on any atom is -0.496 e. The summed E-state index contributed by atoms with van der Waals surface area (Å²) < 4.78 is 10.8. The number of carbonyl (C=O) groups excluding carboxylic acids is 1. The van der Waals surface area contributed by atoms with Gasteiger partial charge in [-0.25, -0.2) is 4.98 Å². The van der Waals surface area contributed by atoms with E-state index in [-0.39, 0.29) is 36.8 Å². The number of amides is 1. The molecule has 25 heavy (non-hydrogen) atoms. The van der Waals surface area contributed by atoms with Gasteiger partial charge in [0.15, 0.2) is 12.1 Å². The van der Waals surface area contributed by atoms with Gasteiger partial charge in [0.2, 0.25) is 0 Å². The van der Waals surface area contributed by atoms with Gasteiger partial charge in [-0.3, -0.25) is 4.79 Å². The lowest BCUT2D eigenvalue weighted by molar-refractivity contribution is 0.0624. The largest absolute Gasteiger partial charge is 0.496 e. The van der Waals surface area contributed by atoms with E-state index in [9.17, 15) is 4.79 Å². The predicted octanol–water partition coefficient (Wildman–Crippen LogP) is 2.88. The number of benzene rings is 1. The van der Waals surface area contributed by atoms with Crippen molar-refractivity contribution in [1.29, 1.82) is 0 Å². The maximum absolute atomic E-state index is 13.0. The number of nitrogens with zero attached hydrogens (tertiary/aromatic N) is 2. The van der Waals surface area contributed by atoms with Crippen LogP contribution in [0.25, 0.3) is 0 Å². The Labute approximate surface area is 159 Å². The SMILES string of the molecule is CCc1ocnc1C(=O)N1CCNCC1c1ccccc1OC.Cl.Cl. The number of hydrogen-bond donors (Lipinski definition) is 1. The number of aromatic nitrogens is 1. The summed E-state index contributed by atoms with van der Waals surface area (Å²) >= 11 is 0. The van der Waals surface area contributed by atoms with E-state index in [1.807, 2.05) is 36.1 Å². The number of rotatable bonds is 4. The molecule has 1 amide bonds. The fraction of sp³-hybridized carbons (Fsp3) is 0.412. The average Bonchev–Trinajstić information content (AvgIpc) is 3.09. The highest BCUT2D eigenvalue weighted by molar-refractivity contribution is 5.93. The molecule has 2 heterocycles. The normalized spacial score (nSPS) is 16.6. The van der Waals surface area contributed by atoms with Crippen molar-refractivity contribution in [2.45, 2.75) is 19.4 Å². The zero-order valence-corrected chi connectivity index (χ0v) is 15.9. The third-order valence-corrected chi connectivity index (χ3v) is 4.17. The van der Waals surface area contributed by atoms with Gasteiger partial charge >= 0.3 is 0 Å². The topological polar surface area (TPSA) is 67.6 Å². The molecule has 1 N–H and O–H groups in total. The summed E-state index contributed by atoms with van der Waals surface area (Å²) in [5.74, 6) is 1.33. The number of halogens is 2. The third-order valence-electron chi connectivity index (χ3n) is 4.17. The molecule has 6 nitrogen and oxygen atoms in total. The van der Waals surface area contributed by atoms with Crippen molar-refractivity contribution in [2.75, 3.05) is 26.7 Å². The van der Waals surface area contributed by atoms with Gasteiger partial charge in [-0.1, -0.05) is 25.1 Å². The lowest BCUT2D eigenvalue weighted by Crippen LogP contribution is -2.49. The molecule has 1 saturated heterocycles. The summed E-state index contributed by atoms with van der Waals surface area (Å²) in [5.41, 5.74) is 1.41. The predicted molar refractivity (Wildman–Crippen MR) is 100 cm³/mol. The van der Waals surface area contributed by atoms with Crippen LogP contribution in [0.5, 0.6) is 5.75 Å². The number of methoxy groups -OCH3 is 1. The van der Waals surface area contributed by atoms with E-state index in [1.165, 1.54) is 6.39 Å². The van der Waals surface area contributed by atoms with Gasteiger partial charge in [0.1, 0.15) is 11.5 Å². The van der Waals surface area contributed by atoms with Gasteiger partial charge in [-0.15, -0.1) is 24.8 Å². The van der Waals surface area contributed by atoms with Crippen LogP contribution in [0.15, 0.2) is 35.1 Å². The van der Waals surface area contributed by atoms with Crippen LogP contribution in [0.1, 0.15) is 34.8 Å². The molecule has 1 aromatic heterocycles. The van der Waals surface area contributed by atoms with Gasteiger partial charge in [-0.05, 0) is 6.07 Å². The first-order valence-corrected chi connectivity index (χ1v) is 7.83. The number of oxazole rings is 1. The Balaban J connectivity index is 0.00000156. The summed E-state index contributed by atoms with van der Waals surface area (Å²) in [4.78, 5) is 18.9. The van der Waals surface area contributed by atoms with E-state index in [0.29, 0.717) is 31.0 Å². The zero-order valence-electron chi connectivity index (χ0n) is 14.2. The van der Waals surface area contributed by atoms with Crippen LogP contribution in [-0.2, 0) is 6.42 Å². The molecule has 0 saturated carbocycles. The fourth-order valence-electron chi connectivity index (χ4n) is 3.00. The van der Waals surface area contributed by atoms with E-state index < -0.39 is 0 Å². The van der Waals surface area contributed by atoms with Crippen LogP contribution in [0.2, 0.25) is 0 Å². The number of hydrogen-bond acceptors (Lipinski definition) is 5. The smallest absolute Gasteiger partial charge is 0.276 e. The molecule has 1 atom stereocenters. The molecule has 3 rings (SSSR count). The Kier molecular flexibility index (Phi) is 8.22. The second kappa shape index (κ2) is 9.65. The standard InChI is InChI=1S/C17H21N3O3.2ClH/c1-3-14-16(19-11-23-14)17(21)20-9-8-18-10-13(20)12-6-4-5-7-15(12)22-2;;/h4-7,11,13,18H,3,8-10H2,1-2H3;2*1H. The van der Waals surface area contributed by atoms with Gasteiger partial charge < -0.3 is 19.4 Å². The lowest BCUT2D eigenvalue weighted by Gasteiger charge is -2.36. The van der Waals surface area contributed by atoms with Crippen LogP contribution in [0.3, 0.4) is 0 Å². The maximum Gasteiger partial charge on any atom is 0.276 e. The van der Waals surface area contributed by atoms with E-state index in [0.717, 1.165) is 17.9 Å². The summed E-state index contributed by atoms with van der Waals surface area (Å²) in [5, 5.41) is 3.35. The second-order valence-corrected chi connectivity index (χ2v) is 5.44. The monoisotopic (exact) mass is 387 g/mol. The molecule has 0 radical (unpaired) electrons. The van der Waals surface area contributed by atoms with E-state index >= 15 is 0 Å². The quantitative estimate of drug-likeness (QED) is 0.873. The van der Waals surface area contributed by atoms with Crippen molar-refractivity contribution >= 4 is 30.7 Å². The van der Waals surface area contributed by atoms with Crippen molar-refractivity contribution in [3.63, 3.8) is 0 Å². The first-order chi connectivity index (χ1) is 11.3. The molecule has 1 fully saturated rings. The molecule has 1 aliphatic heterocycles. The molecule has 0 aliphatic carbocycles. The Morgan fingerprint density at radius 3 is 2.88 bits per heavy atom. The molecule has 2 aromatic rings. The first-order valence-electron chi connectivity index (χ1n) is 7.83. The Hall–Kier alpha value is -1.76. The van der Waals surface area contributed by atoms with E-state index in [2.05, 4.69) is 10.3 Å². The van der Waals surface area contributed by atoms with Gasteiger partial charge in [0.05, 0.1) is 13.2 Å². The number of carbonyl (C=O) groups is 1. The fourth-order valence-corrected chi connectivity index (χ4v) is 3.00. The molecular weight excluding hydrogens is 365 g/mol. The number of piperazine rings is 1. The van der Waals surface area contributed by atoms with Gasteiger partial charge in [-0.2, -0.15) is 0 Å². The van der Waals surface area contributed by atoms with Crippen molar-refractivity contribution in [1.82, 2.24) is 15.2 Å². The van der Waals surface area contributed by atoms with E-state index in [1.54, 1.807) is 7.11 Å². The van der Waals surface area contributed by atoms with Gasteiger partial charge in [0.25, 0.3) is 5.91 Å². The Morgan fingerprint density at radius 1 is 1.40 bits per heavy atom.